The molecule has 0 saturated heterocycles. The summed E-state index contributed by atoms with van der Waals surface area (Å²) in [4.78, 5) is 23.3. The predicted octanol–water partition coefficient (Wildman–Crippen LogP) is 2.34. The molecule has 1 aromatic carbocycles. The average molecular weight is 276 g/mol. The molecule has 1 aromatic rings. The Labute approximate surface area is 121 Å². The number of carbonyl (C=O) groups is 2. The van der Waals surface area contributed by atoms with E-state index in [1.165, 1.54) is 5.56 Å². The maximum atomic E-state index is 11.7. The monoisotopic (exact) mass is 276 g/mol. The third-order valence-corrected chi connectivity index (χ3v) is 3.26. The quantitative estimate of drug-likeness (QED) is 0.619. The predicted molar refractivity (Wildman–Crippen MR) is 80.3 cm³/mol. The van der Waals surface area contributed by atoms with Gasteiger partial charge >= 0.3 is 11.8 Å². The van der Waals surface area contributed by atoms with Crippen molar-refractivity contribution in [2.75, 3.05) is 6.54 Å². The fraction of sp³-hybridized carbons (Fsp3) is 0.500. The largest absolute Gasteiger partial charge is 0.348 e. The molecule has 20 heavy (non-hydrogen) atoms. The van der Waals surface area contributed by atoms with Crippen LogP contribution < -0.4 is 10.6 Å². The highest BCUT2D eigenvalue weighted by Gasteiger charge is 2.16. The van der Waals surface area contributed by atoms with E-state index in [4.69, 9.17) is 0 Å². The van der Waals surface area contributed by atoms with Gasteiger partial charge in [0.05, 0.1) is 6.04 Å². The Balaban J connectivity index is 2.49. The van der Waals surface area contributed by atoms with Crippen LogP contribution in [0.4, 0.5) is 0 Å². The van der Waals surface area contributed by atoms with Crippen LogP contribution in [0.15, 0.2) is 24.3 Å². The fourth-order valence-corrected chi connectivity index (χ4v) is 1.85. The van der Waals surface area contributed by atoms with Crippen molar-refractivity contribution in [3.05, 3.63) is 35.4 Å². The molecule has 1 atom stereocenters. The molecular formula is C16H24N2O2. The summed E-state index contributed by atoms with van der Waals surface area (Å²) in [5, 5.41) is 5.32. The third kappa shape index (κ3) is 5.03. The van der Waals surface area contributed by atoms with E-state index in [-0.39, 0.29) is 6.04 Å². The SMILES string of the molecule is CCCCNC(=O)C(=O)NC(C)c1ccc(CC)cc1. The fourth-order valence-electron chi connectivity index (χ4n) is 1.85. The van der Waals surface area contributed by atoms with Gasteiger partial charge in [0, 0.05) is 6.54 Å². The Morgan fingerprint density at radius 3 is 2.30 bits per heavy atom. The Morgan fingerprint density at radius 1 is 1.10 bits per heavy atom. The Hall–Kier alpha value is -1.84. The van der Waals surface area contributed by atoms with Gasteiger partial charge in [0.1, 0.15) is 0 Å². The highest BCUT2D eigenvalue weighted by molar-refractivity contribution is 6.35. The first-order valence-electron chi connectivity index (χ1n) is 7.26. The standard InChI is InChI=1S/C16H24N2O2/c1-4-6-11-17-15(19)16(20)18-12(3)14-9-7-13(5-2)8-10-14/h7-10,12H,4-6,11H2,1-3H3,(H,17,19)(H,18,20). The Bertz CT molecular complexity index is 440. The number of nitrogens with one attached hydrogen (secondary N) is 2. The molecule has 0 aliphatic heterocycles. The summed E-state index contributed by atoms with van der Waals surface area (Å²) >= 11 is 0. The van der Waals surface area contributed by atoms with E-state index >= 15 is 0 Å². The van der Waals surface area contributed by atoms with Gasteiger partial charge in [-0.3, -0.25) is 9.59 Å². The minimum Gasteiger partial charge on any atom is -0.348 e. The first kappa shape index (κ1) is 16.2. The van der Waals surface area contributed by atoms with Crippen molar-refractivity contribution in [2.45, 2.75) is 46.1 Å². The van der Waals surface area contributed by atoms with E-state index in [0.29, 0.717) is 6.54 Å². The molecule has 110 valence electrons. The summed E-state index contributed by atoms with van der Waals surface area (Å²) in [5.74, 6) is -1.14. The van der Waals surface area contributed by atoms with Crippen molar-refractivity contribution >= 4 is 11.8 Å². The van der Waals surface area contributed by atoms with Crippen LogP contribution in [-0.4, -0.2) is 18.4 Å². The molecule has 0 radical (unpaired) electrons. The molecule has 0 saturated carbocycles. The lowest BCUT2D eigenvalue weighted by Crippen LogP contribution is -2.41. The molecule has 0 spiro atoms. The second-order valence-electron chi connectivity index (χ2n) is 4.90. The molecule has 0 aliphatic carbocycles. The number of hydrogen-bond donors (Lipinski definition) is 2. The molecule has 2 N–H and O–H groups in total. The molecule has 4 heteroatoms. The normalized spacial score (nSPS) is 11.8. The molecule has 4 nitrogen and oxygen atoms in total. The lowest BCUT2D eigenvalue weighted by molar-refractivity contribution is -0.139. The van der Waals surface area contributed by atoms with E-state index < -0.39 is 11.8 Å². The van der Waals surface area contributed by atoms with E-state index in [1.807, 2.05) is 38.1 Å². The van der Waals surface area contributed by atoms with Crippen molar-refractivity contribution in [1.29, 1.82) is 0 Å². The van der Waals surface area contributed by atoms with Gasteiger partial charge in [0.25, 0.3) is 0 Å². The van der Waals surface area contributed by atoms with Crippen LogP contribution in [0.1, 0.15) is 50.8 Å². The summed E-state index contributed by atoms with van der Waals surface area (Å²) in [6.07, 6.45) is 2.86. The number of rotatable bonds is 6. The molecule has 0 fully saturated rings. The van der Waals surface area contributed by atoms with Crippen LogP contribution in [0.2, 0.25) is 0 Å². The van der Waals surface area contributed by atoms with Gasteiger partial charge in [-0.05, 0) is 30.9 Å². The minimum absolute atomic E-state index is 0.176. The van der Waals surface area contributed by atoms with Gasteiger partial charge in [-0.25, -0.2) is 0 Å². The van der Waals surface area contributed by atoms with Crippen molar-refractivity contribution in [3.8, 4) is 0 Å². The van der Waals surface area contributed by atoms with Gasteiger partial charge in [0.2, 0.25) is 0 Å². The molecule has 0 aliphatic rings. The highest BCUT2D eigenvalue weighted by atomic mass is 16.2. The van der Waals surface area contributed by atoms with Gasteiger partial charge in [-0.1, -0.05) is 44.5 Å². The summed E-state index contributed by atoms with van der Waals surface area (Å²) < 4.78 is 0. The van der Waals surface area contributed by atoms with Crippen LogP contribution in [0.3, 0.4) is 0 Å². The lowest BCUT2D eigenvalue weighted by Gasteiger charge is -2.14. The number of aryl methyl sites for hydroxylation is 1. The first-order valence-corrected chi connectivity index (χ1v) is 7.26. The first-order chi connectivity index (χ1) is 9.58. The second kappa shape index (κ2) is 8.35. The number of hydrogen-bond acceptors (Lipinski definition) is 2. The van der Waals surface area contributed by atoms with E-state index in [2.05, 4.69) is 17.6 Å². The zero-order chi connectivity index (χ0) is 15.0. The van der Waals surface area contributed by atoms with E-state index in [0.717, 1.165) is 24.8 Å². The second-order valence-corrected chi connectivity index (χ2v) is 4.90. The van der Waals surface area contributed by atoms with Crippen LogP contribution in [0, 0.1) is 0 Å². The average Bonchev–Trinajstić information content (AvgIpc) is 2.47. The molecular weight excluding hydrogens is 252 g/mol. The maximum absolute atomic E-state index is 11.7. The Morgan fingerprint density at radius 2 is 1.75 bits per heavy atom. The van der Waals surface area contributed by atoms with Crippen LogP contribution in [-0.2, 0) is 16.0 Å². The number of unbranched alkanes of at least 4 members (excludes halogenated alkanes) is 1. The van der Waals surface area contributed by atoms with Crippen molar-refractivity contribution in [1.82, 2.24) is 10.6 Å². The summed E-state index contributed by atoms with van der Waals surface area (Å²) in [6.45, 7) is 6.55. The maximum Gasteiger partial charge on any atom is 0.309 e. The number of carbonyl (C=O) groups excluding carboxylic acids is 2. The summed E-state index contributed by atoms with van der Waals surface area (Å²) in [6, 6.07) is 7.88. The van der Waals surface area contributed by atoms with Crippen LogP contribution in [0.5, 0.6) is 0 Å². The van der Waals surface area contributed by atoms with Crippen molar-refractivity contribution < 1.29 is 9.59 Å². The minimum atomic E-state index is -0.576. The molecule has 0 aromatic heterocycles. The molecule has 1 rings (SSSR count). The topological polar surface area (TPSA) is 58.2 Å². The zero-order valence-electron chi connectivity index (χ0n) is 12.5. The van der Waals surface area contributed by atoms with Gasteiger partial charge < -0.3 is 10.6 Å². The summed E-state index contributed by atoms with van der Waals surface area (Å²) in [5.41, 5.74) is 2.25. The summed E-state index contributed by atoms with van der Waals surface area (Å²) in [7, 11) is 0. The third-order valence-electron chi connectivity index (χ3n) is 3.26. The van der Waals surface area contributed by atoms with Gasteiger partial charge in [-0.15, -0.1) is 0 Å². The van der Waals surface area contributed by atoms with Crippen molar-refractivity contribution in [3.63, 3.8) is 0 Å². The zero-order valence-corrected chi connectivity index (χ0v) is 12.5. The lowest BCUT2D eigenvalue weighted by atomic mass is 10.1. The molecule has 2 amide bonds. The number of benzene rings is 1. The van der Waals surface area contributed by atoms with E-state index in [1.54, 1.807) is 0 Å². The van der Waals surface area contributed by atoms with Gasteiger partial charge in [-0.2, -0.15) is 0 Å². The van der Waals surface area contributed by atoms with Gasteiger partial charge in [0.15, 0.2) is 0 Å². The van der Waals surface area contributed by atoms with Crippen molar-refractivity contribution in [2.24, 2.45) is 0 Å². The molecule has 0 heterocycles. The van der Waals surface area contributed by atoms with Crippen LogP contribution >= 0.6 is 0 Å². The van der Waals surface area contributed by atoms with E-state index in [9.17, 15) is 9.59 Å². The Kier molecular flexibility index (Phi) is 6.77. The van der Waals surface area contributed by atoms with Crippen LogP contribution in [0.25, 0.3) is 0 Å². The highest BCUT2D eigenvalue weighted by Crippen LogP contribution is 2.13. The molecule has 1 unspecified atom stereocenters. The molecule has 0 bridgehead atoms. The smallest absolute Gasteiger partial charge is 0.309 e. The number of amides is 2.